The second-order valence-corrected chi connectivity index (χ2v) is 7.33. The van der Waals surface area contributed by atoms with Crippen LogP contribution in [-0.4, -0.2) is 47.8 Å². The van der Waals surface area contributed by atoms with E-state index in [-0.39, 0.29) is 11.8 Å². The van der Waals surface area contributed by atoms with Crippen molar-refractivity contribution in [1.82, 2.24) is 9.80 Å². The van der Waals surface area contributed by atoms with Crippen LogP contribution in [0.15, 0.2) is 17.5 Å². The van der Waals surface area contributed by atoms with Crippen LogP contribution in [0.3, 0.4) is 0 Å². The molecular weight excluding hydrogens is 296 g/mol. The quantitative estimate of drug-likeness (QED) is 0.859. The fourth-order valence-corrected chi connectivity index (χ4v) is 4.19. The number of hydrogen-bond donors (Lipinski definition) is 0. The first kappa shape index (κ1) is 15.5. The predicted octanol–water partition coefficient (Wildman–Crippen LogP) is 2.54. The summed E-state index contributed by atoms with van der Waals surface area (Å²) in [4.78, 5) is 29.9. The maximum atomic E-state index is 12.5. The largest absolute Gasteiger partial charge is 0.341 e. The van der Waals surface area contributed by atoms with E-state index < -0.39 is 0 Å². The second kappa shape index (κ2) is 7.27. The Morgan fingerprint density at radius 1 is 1.05 bits per heavy atom. The molecule has 2 amide bonds. The van der Waals surface area contributed by atoms with Crippen LogP contribution in [0.2, 0.25) is 0 Å². The van der Waals surface area contributed by atoms with Gasteiger partial charge in [-0.25, -0.2) is 0 Å². The van der Waals surface area contributed by atoms with Gasteiger partial charge in [0.25, 0.3) is 0 Å². The van der Waals surface area contributed by atoms with Gasteiger partial charge < -0.3 is 9.80 Å². The molecule has 3 rings (SSSR count). The molecule has 0 spiro atoms. The number of hydrogen-bond acceptors (Lipinski definition) is 3. The lowest BCUT2D eigenvalue weighted by Crippen LogP contribution is -2.39. The van der Waals surface area contributed by atoms with Crippen molar-refractivity contribution in [3.8, 4) is 0 Å². The summed E-state index contributed by atoms with van der Waals surface area (Å²) in [5.74, 6) is 0.760. The van der Waals surface area contributed by atoms with E-state index in [2.05, 4.69) is 0 Å². The molecule has 1 saturated heterocycles. The monoisotopic (exact) mass is 320 g/mol. The molecule has 2 fully saturated rings. The van der Waals surface area contributed by atoms with Crippen LogP contribution < -0.4 is 0 Å². The summed E-state index contributed by atoms with van der Waals surface area (Å²) in [7, 11) is 0. The topological polar surface area (TPSA) is 40.6 Å². The Bertz CT molecular complexity index is 509. The molecule has 1 aliphatic heterocycles. The highest BCUT2D eigenvalue weighted by molar-refractivity contribution is 7.10. The molecule has 22 heavy (non-hydrogen) atoms. The first-order valence-electron chi connectivity index (χ1n) is 8.33. The van der Waals surface area contributed by atoms with E-state index in [1.165, 1.54) is 12.8 Å². The van der Waals surface area contributed by atoms with Crippen LogP contribution in [0.4, 0.5) is 0 Å². The number of nitrogens with zero attached hydrogens (tertiary/aromatic N) is 2. The summed E-state index contributed by atoms with van der Waals surface area (Å²) < 4.78 is 0. The number of carbonyl (C=O) groups is 2. The summed E-state index contributed by atoms with van der Waals surface area (Å²) in [6.45, 7) is 2.96. The molecule has 5 heteroatoms. The Labute approximate surface area is 136 Å². The predicted molar refractivity (Wildman–Crippen MR) is 87.8 cm³/mol. The van der Waals surface area contributed by atoms with Crippen molar-refractivity contribution >= 4 is 23.2 Å². The zero-order valence-corrected chi connectivity index (χ0v) is 13.8. The SMILES string of the molecule is O=C(Cc1cccs1)N1CCCN(C(=O)C2CCCC2)CC1. The summed E-state index contributed by atoms with van der Waals surface area (Å²) >= 11 is 1.63. The van der Waals surface area contributed by atoms with Gasteiger partial charge in [0.1, 0.15) is 0 Å². The maximum absolute atomic E-state index is 12.5. The molecule has 4 nitrogen and oxygen atoms in total. The number of carbonyl (C=O) groups excluding carboxylic acids is 2. The van der Waals surface area contributed by atoms with E-state index in [4.69, 9.17) is 0 Å². The van der Waals surface area contributed by atoms with Gasteiger partial charge in [0, 0.05) is 37.0 Å². The molecule has 2 heterocycles. The molecule has 1 saturated carbocycles. The van der Waals surface area contributed by atoms with E-state index in [1.54, 1.807) is 11.3 Å². The van der Waals surface area contributed by atoms with Crippen LogP contribution in [0.1, 0.15) is 37.0 Å². The Morgan fingerprint density at radius 3 is 2.50 bits per heavy atom. The fraction of sp³-hybridized carbons (Fsp3) is 0.647. The molecule has 1 aromatic heterocycles. The van der Waals surface area contributed by atoms with Crippen LogP contribution in [-0.2, 0) is 16.0 Å². The molecule has 0 N–H and O–H groups in total. The smallest absolute Gasteiger partial charge is 0.227 e. The van der Waals surface area contributed by atoms with Gasteiger partial charge in [-0.2, -0.15) is 0 Å². The third-order valence-corrected chi connectivity index (χ3v) is 5.65. The summed E-state index contributed by atoms with van der Waals surface area (Å²) in [6.07, 6.45) is 5.88. The summed E-state index contributed by atoms with van der Waals surface area (Å²) in [5.41, 5.74) is 0. The van der Waals surface area contributed by atoms with Gasteiger partial charge in [-0.1, -0.05) is 18.9 Å². The van der Waals surface area contributed by atoms with Crippen LogP contribution in [0.25, 0.3) is 0 Å². The van der Waals surface area contributed by atoms with Gasteiger partial charge in [0.15, 0.2) is 0 Å². The lowest BCUT2D eigenvalue weighted by molar-refractivity contribution is -0.136. The van der Waals surface area contributed by atoms with E-state index in [9.17, 15) is 9.59 Å². The average molecular weight is 320 g/mol. The third kappa shape index (κ3) is 3.69. The number of amides is 2. The molecule has 1 aliphatic carbocycles. The molecular formula is C17H24N2O2S. The van der Waals surface area contributed by atoms with Crippen molar-refractivity contribution in [3.05, 3.63) is 22.4 Å². The van der Waals surface area contributed by atoms with Crippen molar-refractivity contribution in [2.45, 2.75) is 38.5 Å². The lowest BCUT2D eigenvalue weighted by Gasteiger charge is -2.24. The van der Waals surface area contributed by atoms with E-state index in [0.29, 0.717) is 25.4 Å². The van der Waals surface area contributed by atoms with E-state index in [1.807, 2.05) is 27.3 Å². The van der Waals surface area contributed by atoms with Crippen molar-refractivity contribution in [2.24, 2.45) is 5.92 Å². The molecule has 0 aromatic carbocycles. The molecule has 0 bridgehead atoms. The minimum absolute atomic E-state index is 0.192. The Balaban J connectivity index is 1.53. The second-order valence-electron chi connectivity index (χ2n) is 6.30. The average Bonchev–Trinajstić information content (AvgIpc) is 3.16. The standard InChI is InChI=1S/C17H24N2O2S/c20-16(13-15-7-3-12-22-15)18-8-4-9-19(11-10-18)17(21)14-5-1-2-6-14/h3,7,12,14H,1-2,4-6,8-11,13H2. The zero-order valence-electron chi connectivity index (χ0n) is 13.0. The van der Waals surface area contributed by atoms with Crippen molar-refractivity contribution in [3.63, 3.8) is 0 Å². The van der Waals surface area contributed by atoms with E-state index >= 15 is 0 Å². The van der Waals surface area contributed by atoms with Crippen molar-refractivity contribution < 1.29 is 9.59 Å². The Morgan fingerprint density at radius 2 is 1.77 bits per heavy atom. The molecule has 0 unspecified atom stereocenters. The third-order valence-electron chi connectivity index (χ3n) is 4.77. The first-order chi connectivity index (χ1) is 10.7. The van der Waals surface area contributed by atoms with Gasteiger partial charge in [-0.05, 0) is 30.7 Å². The van der Waals surface area contributed by atoms with Crippen LogP contribution in [0, 0.1) is 5.92 Å². The Hall–Kier alpha value is -1.36. The summed E-state index contributed by atoms with van der Waals surface area (Å²) in [6, 6.07) is 3.99. The molecule has 0 radical (unpaired) electrons. The maximum Gasteiger partial charge on any atom is 0.227 e. The van der Waals surface area contributed by atoms with Gasteiger partial charge in [0.2, 0.25) is 11.8 Å². The van der Waals surface area contributed by atoms with Gasteiger partial charge in [0.05, 0.1) is 6.42 Å². The fourth-order valence-electron chi connectivity index (χ4n) is 3.49. The normalized spacial score (nSPS) is 20.2. The molecule has 1 aromatic rings. The highest BCUT2D eigenvalue weighted by Crippen LogP contribution is 2.27. The van der Waals surface area contributed by atoms with Crippen molar-refractivity contribution in [2.75, 3.05) is 26.2 Å². The highest BCUT2D eigenvalue weighted by Gasteiger charge is 2.29. The van der Waals surface area contributed by atoms with Gasteiger partial charge in [-0.3, -0.25) is 9.59 Å². The van der Waals surface area contributed by atoms with Gasteiger partial charge >= 0.3 is 0 Å². The molecule has 0 atom stereocenters. The minimum atomic E-state index is 0.192. The first-order valence-corrected chi connectivity index (χ1v) is 9.21. The zero-order chi connectivity index (χ0) is 15.4. The van der Waals surface area contributed by atoms with E-state index in [0.717, 1.165) is 37.2 Å². The van der Waals surface area contributed by atoms with Crippen molar-refractivity contribution in [1.29, 1.82) is 0 Å². The van der Waals surface area contributed by atoms with Crippen LogP contribution in [0.5, 0.6) is 0 Å². The molecule has 120 valence electrons. The van der Waals surface area contributed by atoms with Gasteiger partial charge in [-0.15, -0.1) is 11.3 Å². The highest BCUT2D eigenvalue weighted by atomic mass is 32.1. The van der Waals surface area contributed by atoms with Crippen LogP contribution >= 0.6 is 11.3 Å². The number of rotatable bonds is 3. The Kier molecular flexibility index (Phi) is 5.13. The number of thiophene rings is 1. The summed E-state index contributed by atoms with van der Waals surface area (Å²) in [5, 5.41) is 2.01. The lowest BCUT2D eigenvalue weighted by atomic mass is 10.1. The minimum Gasteiger partial charge on any atom is -0.341 e. The molecule has 2 aliphatic rings.